The third kappa shape index (κ3) is 7.02. The van der Waals surface area contributed by atoms with Crippen LogP contribution in [0.5, 0.6) is 0 Å². The first kappa shape index (κ1) is 28.5. The summed E-state index contributed by atoms with van der Waals surface area (Å²) in [5.41, 5.74) is 0.312. The van der Waals surface area contributed by atoms with E-state index in [4.69, 9.17) is 34.8 Å². The number of carbonyl (C=O) groups is 1. The minimum Gasteiger partial charge on any atom is -0.282 e. The van der Waals surface area contributed by atoms with E-state index in [1.807, 2.05) is 5.43 Å². The van der Waals surface area contributed by atoms with E-state index in [1.54, 1.807) is 0 Å². The number of halogens is 10. The lowest BCUT2D eigenvalue weighted by Gasteiger charge is -2.19. The van der Waals surface area contributed by atoms with Gasteiger partial charge in [0.2, 0.25) is 0 Å². The zero-order valence-corrected chi connectivity index (χ0v) is 20.1. The molecule has 5 nitrogen and oxygen atoms in total. The summed E-state index contributed by atoms with van der Waals surface area (Å²) in [6.07, 6.45) is -7.75. The van der Waals surface area contributed by atoms with E-state index in [9.17, 15) is 35.5 Å². The Morgan fingerprint density at radius 2 is 1.62 bits per heavy atom. The summed E-state index contributed by atoms with van der Waals surface area (Å²) in [4.78, 5) is 19.7. The molecule has 0 spiro atoms. The van der Waals surface area contributed by atoms with Gasteiger partial charge in [-0.1, -0.05) is 40.9 Å². The number of aromatic nitrogens is 2. The first-order chi connectivity index (χ1) is 17.2. The van der Waals surface area contributed by atoms with Crippen molar-refractivity contribution in [2.75, 3.05) is 5.43 Å². The summed E-state index contributed by atoms with van der Waals surface area (Å²) >= 11 is 17.3. The van der Waals surface area contributed by atoms with Gasteiger partial charge >= 0.3 is 12.4 Å². The highest BCUT2D eigenvalue weighted by atomic mass is 35.5. The second-order valence-electron chi connectivity index (χ2n) is 7.26. The van der Waals surface area contributed by atoms with Gasteiger partial charge in [0.05, 0.1) is 26.2 Å². The summed E-state index contributed by atoms with van der Waals surface area (Å²) in [6.45, 7) is 0. The van der Waals surface area contributed by atoms with Crippen LogP contribution in [0.1, 0.15) is 33.0 Å². The number of alkyl halides is 6. The highest BCUT2D eigenvalue weighted by Crippen LogP contribution is 2.42. The molecule has 2 aromatic carbocycles. The molecule has 1 heterocycles. The van der Waals surface area contributed by atoms with Crippen LogP contribution in [0.2, 0.25) is 15.1 Å². The van der Waals surface area contributed by atoms with Gasteiger partial charge in [0.1, 0.15) is 23.9 Å². The maximum absolute atomic E-state index is 14.9. The Labute approximate surface area is 219 Å². The van der Waals surface area contributed by atoms with Gasteiger partial charge in [0.15, 0.2) is 0 Å². The molecule has 0 saturated heterocycles. The smallest absolute Gasteiger partial charge is 0.282 e. The van der Waals surface area contributed by atoms with E-state index in [0.29, 0.717) is 6.07 Å². The average molecular weight is 588 g/mol. The summed E-state index contributed by atoms with van der Waals surface area (Å²) in [5.74, 6) is -5.47. The summed E-state index contributed by atoms with van der Waals surface area (Å²) in [5, 5.41) is -0.898. The van der Waals surface area contributed by atoms with Gasteiger partial charge in [0, 0.05) is 17.8 Å². The fourth-order valence-electron chi connectivity index (χ4n) is 3.06. The molecule has 0 radical (unpaired) electrons. The van der Waals surface area contributed by atoms with Crippen LogP contribution in [0.25, 0.3) is 5.83 Å². The molecular formula is C22H12Cl3F7N4O. The number of rotatable bonds is 6. The van der Waals surface area contributed by atoms with Gasteiger partial charge in [-0.2, -0.15) is 26.3 Å². The largest absolute Gasteiger partial charge is 0.417 e. The van der Waals surface area contributed by atoms with Crippen molar-refractivity contribution < 1.29 is 35.5 Å². The zero-order chi connectivity index (χ0) is 27.5. The minimum atomic E-state index is -5.15. The monoisotopic (exact) mass is 586 g/mol. The first-order valence-corrected chi connectivity index (χ1v) is 10.9. The summed E-state index contributed by atoms with van der Waals surface area (Å²) in [7, 11) is 0. The Morgan fingerprint density at radius 3 is 2.16 bits per heavy atom. The lowest BCUT2D eigenvalue weighted by atomic mass is 9.95. The number of anilines is 1. The molecule has 0 fully saturated rings. The molecule has 15 heteroatoms. The first-order valence-electron chi connectivity index (χ1n) is 9.81. The molecule has 3 aromatic rings. The van der Waals surface area contributed by atoms with Crippen molar-refractivity contribution in [1.29, 1.82) is 0 Å². The molecule has 1 aromatic heterocycles. The Balaban J connectivity index is 1.99. The van der Waals surface area contributed by atoms with Gasteiger partial charge in [0.25, 0.3) is 5.91 Å². The number of hydrogen-bond donors (Lipinski definition) is 2. The fourth-order valence-corrected chi connectivity index (χ4v) is 3.67. The molecule has 0 aliphatic carbocycles. The SMILES string of the molecule is O=C(NNc1ccncn1)c1ccc(C(F)=CC(c2cc(Cl)c(Cl)c(Cl)c2)C(F)(F)F)cc1C(F)(F)F. The summed E-state index contributed by atoms with van der Waals surface area (Å²) < 4.78 is 97.1. The number of amides is 1. The molecule has 0 aliphatic heterocycles. The molecule has 0 bridgehead atoms. The standard InChI is InChI=1S/C22H12Cl3F7N4O/c23-15-6-11(7-16(24)19(15)25)13(21(27,28)29)8-17(26)10-1-2-12(14(5-10)22(30,31)32)20(37)36-35-18-3-4-33-9-34-18/h1-9,13H,(H,36,37)(H,33,34,35). The van der Waals surface area contributed by atoms with Crippen LogP contribution < -0.4 is 10.9 Å². The Hall–Kier alpha value is -3.09. The molecule has 3 rings (SSSR count). The number of nitrogens with one attached hydrogen (secondary N) is 2. The van der Waals surface area contributed by atoms with Gasteiger partial charge < -0.3 is 0 Å². The lowest BCUT2D eigenvalue weighted by molar-refractivity contribution is -0.140. The second kappa shape index (κ2) is 11.1. The van der Waals surface area contributed by atoms with Gasteiger partial charge in [-0.05, 0) is 35.9 Å². The quantitative estimate of drug-likeness (QED) is 0.175. The molecule has 1 unspecified atom stereocenters. The van der Waals surface area contributed by atoms with E-state index in [2.05, 4.69) is 15.4 Å². The molecule has 37 heavy (non-hydrogen) atoms. The molecule has 1 amide bonds. The predicted molar refractivity (Wildman–Crippen MR) is 124 cm³/mol. The van der Waals surface area contributed by atoms with Crippen molar-refractivity contribution in [1.82, 2.24) is 15.4 Å². The number of nitrogens with zero attached hydrogens (tertiary/aromatic N) is 2. The Bertz CT molecular complexity index is 1310. The van der Waals surface area contributed by atoms with E-state index < -0.39 is 52.3 Å². The van der Waals surface area contributed by atoms with E-state index >= 15 is 0 Å². The van der Waals surface area contributed by atoms with Crippen molar-refractivity contribution in [3.63, 3.8) is 0 Å². The Morgan fingerprint density at radius 1 is 0.973 bits per heavy atom. The zero-order valence-electron chi connectivity index (χ0n) is 17.9. The molecule has 0 aliphatic rings. The third-order valence-electron chi connectivity index (χ3n) is 4.76. The number of hydrazine groups is 1. The second-order valence-corrected chi connectivity index (χ2v) is 8.46. The van der Waals surface area contributed by atoms with E-state index in [1.165, 1.54) is 12.3 Å². The van der Waals surface area contributed by atoms with Gasteiger partial charge in [-0.25, -0.2) is 14.4 Å². The van der Waals surface area contributed by atoms with Crippen molar-refractivity contribution in [2.45, 2.75) is 18.3 Å². The average Bonchev–Trinajstić information content (AvgIpc) is 2.83. The molecule has 1 atom stereocenters. The van der Waals surface area contributed by atoms with Crippen LogP contribution >= 0.6 is 34.8 Å². The highest BCUT2D eigenvalue weighted by Gasteiger charge is 2.41. The van der Waals surface area contributed by atoms with Gasteiger partial charge in [-0.15, -0.1) is 0 Å². The van der Waals surface area contributed by atoms with Crippen LogP contribution in [-0.4, -0.2) is 22.1 Å². The van der Waals surface area contributed by atoms with Crippen molar-refractivity contribution in [3.8, 4) is 0 Å². The van der Waals surface area contributed by atoms with Gasteiger partial charge in [-0.3, -0.25) is 15.6 Å². The Kier molecular flexibility index (Phi) is 8.56. The molecule has 196 valence electrons. The van der Waals surface area contributed by atoms with E-state index in [-0.39, 0.29) is 33.0 Å². The number of allylic oxidation sites excluding steroid dienone is 1. The fraction of sp³-hybridized carbons (Fsp3) is 0.136. The third-order valence-corrected chi connectivity index (χ3v) is 5.96. The number of carbonyl (C=O) groups excluding carboxylic acids is 1. The van der Waals surface area contributed by atoms with Crippen molar-refractivity contribution in [3.05, 3.63) is 92.3 Å². The molecular weight excluding hydrogens is 576 g/mol. The lowest BCUT2D eigenvalue weighted by Crippen LogP contribution is -2.31. The number of hydrogen-bond acceptors (Lipinski definition) is 4. The summed E-state index contributed by atoms with van der Waals surface area (Å²) in [6, 6.07) is 4.53. The predicted octanol–water partition coefficient (Wildman–Crippen LogP) is 7.87. The normalized spacial score (nSPS) is 13.3. The topological polar surface area (TPSA) is 66.9 Å². The van der Waals surface area contributed by atoms with Crippen molar-refractivity contribution >= 4 is 52.4 Å². The van der Waals surface area contributed by atoms with Crippen LogP contribution in [0, 0.1) is 0 Å². The highest BCUT2D eigenvalue weighted by molar-refractivity contribution is 6.48. The maximum Gasteiger partial charge on any atom is 0.417 e. The van der Waals surface area contributed by atoms with Crippen LogP contribution in [0.15, 0.2) is 55.0 Å². The van der Waals surface area contributed by atoms with Crippen LogP contribution in [0.4, 0.5) is 36.6 Å². The number of benzene rings is 2. The maximum atomic E-state index is 14.9. The van der Waals surface area contributed by atoms with Crippen LogP contribution in [0.3, 0.4) is 0 Å². The molecule has 0 saturated carbocycles. The van der Waals surface area contributed by atoms with Crippen molar-refractivity contribution in [2.24, 2.45) is 0 Å². The molecule has 2 N–H and O–H groups in total. The minimum absolute atomic E-state index is 0.0584. The van der Waals surface area contributed by atoms with E-state index in [0.717, 1.165) is 24.5 Å². The van der Waals surface area contributed by atoms with Crippen LogP contribution in [-0.2, 0) is 6.18 Å².